The minimum absolute atomic E-state index is 0.270. The molecule has 0 radical (unpaired) electrons. The van der Waals surface area contributed by atoms with Crippen molar-refractivity contribution in [3.8, 4) is 5.88 Å². The second kappa shape index (κ2) is 6.85. The van der Waals surface area contributed by atoms with E-state index in [2.05, 4.69) is 14.9 Å². The third-order valence-corrected chi connectivity index (χ3v) is 4.14. The quantitative estimate of drug-likeness (QED) is 0.907. The average Bonchev–Trinajstić information content (AvgIpc) is 2.88. The SMILES string of the molecule is COc1cc(CN2C[C@@H](Cc3ccncc3)[C@H](O)C2)ccn1. The van der Waals surface area contributed by atoms with Crippen molar-refractivity contribution < 1.29 is 9.84 Å². The zero-order valence-corrected chi connectivity index (χ0v) is 12.7. The van der Waals surface area contributed by atoms with Gasteiger partial charge in [-0.25, -0.2) is 4.98 Å². The van der Waals surface area contributed by atoms with Gasteiger partial charge in [0.2, 0.25) is 5.88 Å². The second-order valence-electron chi connectivity index (χ2n) is 5.79. The number of hydrogen-bond donors (Lipinski definition) is 1. The summed E-state index contributed by atoms with van der Waals surface area (Å²) in [6.45, 7) is 2.41. The Morgan fingerprint density at radius 3 is 2.73 bits per heavy atom. The average molecular weight is 299 g/mol. The predicted molar refractivity (Wildman–Crippen MR) is 83.5 cm³/mol. The van der Waals surface area contributed by atoms with Gasteiger partial charge in [-0.05, 0) is 35.7 Å². The molecular weight excluding hydrogens is 278 g/mol. The smallest absolute Gasteiger partial charge is 0.213 e. The van der Waals surface area contributed by atoms with Crippen molar-refractivity contribution in [2.45, 2.75) is 19.1 Å². The number of ether oxygens (including phenoxy) is 1. The standard InChI is InChI=1S/C17H21N3O2/c1-22-17-9-14(4-7-19-17)10-20-11-15(16(21)12-20)8-13-2-5-18-6-3-13/h2-7,9,15-16,21H,8,10-12H2,1H3/t15-,16-/m1/s1. The highest BCUT2D eigenvalue weighted by Gasteiger charge is 2.31. The molecule has 0 bridgehead atoms. The lowest BCUT2D eigenvalue weighted by atomic mass is 9.97. The maximum atomic E-state index is 10.3. The molecule has 5 heteroatoms. The fourth-order valence-corrected chi connectivity index (χ4v) is 3.01. The Hall–Kier alpha value is -1.98. The van der Waals surface area contributed by atoms with Crippen molar-refractivity contribution >= 4 is 0 Å². The summed E-state index contributed by atoms with van der Waals surface area (Å²) in [7, 11) is 1.62. The highest BCUT2D eigenvalue weighted by atomic mass is 16.5. The minimum Gasteiger partial charge on any atom is -0.481 e. The maximum absolute atomic E-state index is 10.3. The molecular formula is C17H21N3O2. The first-order chi connectivity index (χ1) is 10.7. The van der Waals surface area contributed by atoms with Crippen molar-refractivity contribution in [3.05, 3.63) is 54.0 Å². The Kier molecular flexibility index (Phi) is 4.65. The zero-order valence-electron chi connectivity index (χ0n) is 12.7. The van der Waals surface area contributed by atoms with Crippen LogP contribution in [0.3, 0.4) is 0 Å². The molecule has 5 nitrogen and oxygen atoms in total. The van der Waals surface area contributed by atoms with Gasteiger partial charge in [-0.1, -0.05) is 0 Å². The van der Waals surface area contributed by atoms with E-state index in [-0.39, 0.29) is 12.0 Å². The molecule has 0 amide bonds. The topological polar surface area (TPSA) is 58.5 Å². The molecule has 0 saturated carbocycles. The molecule has 0 spiro atoms. The van der Waals surface area contributed by atoms with Crippen LogP contribution in [-0.2, 0) is 13.0 Å². The molecule has 1 fully saturated rings. The number of rotatable bonds is 5. The van der Waals surface area contributed by atoms with E-state index < -0.39 is 0 Å². The normalized spacial score (nSPS) is 21.9. The van der Waals surface area contributed by atoms with E-state index in [1.807, 2.05) is 24.3 Å². The first-order valence-corrected chi connectivity index (χ1v) is 7.53. The summed E-state index contributed by atoms with van der Waals surface area (Å²) in [5, 5.41) is 10.3. The largest absolute Gasteiger partial charge is 0.481 e. The summed E-state index contributed by atoms with van der Waals surface area (Å²) in [5.41, 5.74) is 2.38. The molecule has 3 rings (SSSR count). The van der Waals surface area contributed by atoms with Crippen LogP contribution in [0.5, 0.6) is 5.88 Å². The van der Waals surface area contributed by atoms with Crippen molar-refractivity contribution in [2.75, 3.05) is 20.2 Å². The summed E-state index contributed by atoms with van der Waals surface area (Å²) >= 11 is 0. The molecule has 22 heavy (non-hydrogen) atoms. The molecule has 2 atom stereocenters. The highest BCUT2D eigenvalue weighted by Crippen LogP contribution is 2.23. The predicted octanol–water partition coefficient (Wildman–Crippen LogP) is 1.52. The van der Waals surface area contributed by atoms with E-state index in [4.69, 9.17) is 4.74 Å². The van der Waals surface area contributed by atoms with Crippen LogP contribution in [0.2, 0.25) is 0 Å². The Bertz CT molecular complexity index is 606. The molecule has 2 aromatic heterocycles. The van der Waals surface area contributed by atoms with Crippen LogP contribution in [0.15, 0.2) is 42.9 Å². The number of aliphatic hydroxyl groups is 1. The van der Waals surface area contributed by atoms with E-state index in [0.29, 0.717) is 12.4 Å². The summed E-state index contributed by atoms with van der Waals surface area (Å²) in [6, 6.07) is 7.97. The Labute approximate surface area is 130 Å². The van der Waals surface area contributed by atoms with E-state index >= 15 is 0 Å². The third-order valence-electron chi connectivity index (χ3n) is 4.14. The molecule has 2 aromatic rings. The fraction of sp³-hybridized carbons (Fsp3) is 0.412. The summed E-state index contributed by atoms with van der Waals surface area (Å²) in [5.74, 6) is 0.900. The van der Waals surface area contributed by atoms with Gasteiger partial charge in [0.1, 0.15) is 0 Å². The van der Waals surface area contributed by atoms with Crippen LogP contribution in [0.1, 0.15) is 11.1 Å². The van der Waals surface area contributed by atoms with Gasteiger partial charge >= 0.3 is 0 Å². The number of hydrogen-bond acceptors (Lipinski definition) is 5. The van der Waals surface area contributed by atoms with Gasteiger partial charge in [-0.3, -0.25) is 9.88 Å². The van der Waals surface area contributed by atoms with Gasteiger partial charge in [0.15, 0.2) is 0 Å². The first kappa shape index (κ1) is 14.9. The van der Waals surface area contributed by atoms with Gasteiger partial charge < -0.3 is 9.84 Å². The second-order valence-corrected chi connectivity index (χ2v) is 5.79. The Morgan fingerprint density at radius 1 is 1.18 bits per heavy atom. The Morgan fingerprint density at radius 2 is 1.95 bits per heavy atom. The van der Waals surface area contributed by atoms with Gasteiger partial charge in [0.25, 0.3) is 0 Å². The number of β-amino-alcohol motifs (C(OH)–C–C–N with tert-alkyl or cyclic N) is 1. The van der Waals surface area contributed by atoms with Crippen LogP contribution in [0.4, 0.5) is 0 Å². The fourth-order valence-electron chi connectivity index (χ4n) is 3.01. The lowest BCUT2D eigenvalue weighted by Crippen LogP contribution is -2.21. The van der Waals surface area contributed by atoms with Gasteiger partial charge in [-0.15, -0.1) is 0 Å². The third kappa shape index (κ3) is 3.61. The van der Waals surface area contributed by atoms with Crippen LogP contribution in [0, 0.1) is 5.92 Å². The number of aromatic nitrogens is 2. The molecule has 3 heterocycles. The number of pyridine rings is 2. The molecule has 0 aliphatic carbocycles. The summed E-state index contributed by atoms with van der Waals surface area (Å²) < 4.78 is 5.16. The number of likely N-dealkylation sites (tertiary alicyclic amines) is 1. The molecule has 0 unspecified atom stereocenters. The van der Waals surface area contributed by atoms with E-state index in [9.17, 15) is 5.11 Å². The molecule has 1 aliphatic rings. The van der Waals surface area contributed by atoms with Gasteiger partial charge in [-0.2, -0.15) is 0 Å². The lowest BCUT2D eigenvalue weighted by molar-refractivity contribution is 0.141. The molecule has 1 saturated heterocycles. The highest BCUT2D eigenvalue weighted by molar-refractivity contribution is 5.20. The first-order valence-electron chi connectivity index (χ1n) is 7.53. The Balaban J connectivity index is 1.60. The van der Waals surface area contributed by atoms with Gasteiger partial charge in [0.05, 0.1) is 13.2 Å². The van der Waals surface area contributed by atoms with Crippen molar-refractivity contribution in [3.63, 3.8) is 0 Å². The van der Waals surface area contributed by atoms with Crippen LogP contribution in [0.25, 0.3) is 0 Å². The number of aliphatic hydroxyl groups excluding tert-OH is 1. The van der Waals surface area contributed by atoms with Crippen molar-refractivity contribution in [2.24, 2.45) is 5.92 Å². The maximum Gasteiger partial charge on any atom is 0.213 e. The zero-order chi connectivity index (χ0) is 15.4. The van der Waals surface area contributed by atoms with Crippen LogP contribution < -0.4 is 4.74 Å². The van der Waals surface area contributed by atoms with Crippen molar-refractivity contribution in [1.29, 1.82) is 0 Å². The monoisotopic (exact) mass is 299 g/mol. The number of methoxy groups -OCH3 is 1. The minimum atomic E-state index is -0.281. The van der Waals surface area contributed by atoms with E-state index in [1.165, 1.54) is 5.56 Å². The summed E-state index contributed by atoms with van der Waals surface area (Å²) in [4.78, 5) is 10.4. The van der Waals surface area contributed by atoms with Crippen molar-refractivity contribution in [1.82, 2.24) is 14.9 Å². The van der Waals surface area contributed by atoms with E-state index in [1.54, 1.807) is 25.7 Å². The number of nitrogens with zero attached hydrogens (tertiary/aromatic N) is 3. The van der Waals surface area contributed by atoms with Crippen LogP contribution >= 0.6 is 0 Å². The van der Waals surface area contributed by atoms with E-state index in [0.717, 1.165) is 25.1 Å². The van der Waals surface area contributed by atoms with Gasteiger partial charge in [0, 0.05) is 50.2 Å². The lowest BCUT2D eigenvalue weighted by Gasteiger charge is -2.16. The molecule has 0 aromatic carbocycles. The molecule has 1 N–H and O–H groups in total. The van der Waals surface area contributed by atoms with Crippen LogP contribution in [-0.4, -0.2) is 46.3 Å². The molecule has 1 aliphatic heterocycles. The summed E-state index contributed by atoms with van der Waals surface area (Å²) in [6.07, 6.45) is 5.97. The molecule has 116 valence electrons.